The van der Waals surface area contributed by atoms with Gasteiger partial charge in [0.25, 0.3) is 0 Å². The van der Waals surface area contributed by atoms with E-state index < -0.39 is 0 Å². The molecule has 1 heterocycles. The van der Waals surface area contributed by atoms with Crippen LogP contribution in [0.2, 0.25) is 0 Å². The SMILES string of the molecule is COc1ccc2c3ccccc3n(-c3ccccc3C(C)(C)C)c2c1OC. The molecule has 4 rings (SSSR count). The molecule has 3 aromatic carbocycles. The molecule has 0 amide bonds. The zero-order chi connectivity index (χ0) is 19.2. The molecule has 0 N–H and O–H groups in total. The van der Waals surface area contributed by atoms with Crippen molar-refractivity contribution in [3.8, 4) is 17.2 Å². The van der Waals surface area contributed by atoms with Gasteiger partial charge in [0.2, 0.25) is 0 Å². The van der Waals surface area contributed by atoms with Crippen molar-refractivity contribution in [1.29, 1.82) is 0 Å². The number of nitrogens with zero attached hydrogens (tertiary/aromatic N) is 1. The molecule has 0 saturated heterocycles. The fourth-order valence-corrected chi connectivity index (χ4v) is 3.92. The van der Waals surface area contributed by atoms with E-state index in [4.69, 9.17) is 9.47 Å². The summed E-state index contributed by atoms with van der Waals surface area (Å²) in [6.07, 6.45) is 0. The van der Waals surface area contributed by atoms with Gasteiger partial charge in [-0.3, -0.25) is 0 Å². The number of hydrogen-bond acceptors (Lipinski definition) is 2. The molecule has 4 aromatic rings. The summed E-state index contributed by atoms with van der Waals surface area (Å²) in [6, 6.07) is 21.2. The molecule has 0 fully saturated rings. The molecule has 0 aliphatic rings. The van der Waals surface area contributed by atoms with Gasteiger partial charge in [-0.05, 0) is 35.2 Å². The lowest BCUT2D eigenvalue weighted by atomic mass is 9.85. The van der Waals surface area contributed by atoms with Crippen LogP contribution in [0.5, 0.6) is 11.5 Å². The van der Waals surface area contributed by atoms with Crippen LogP contribution in [-0.2, 0) is 5.41 Å². The summed E-state index contributed by atoms with van der Waals surface area (Å²) in [4.78, 5) is 0. The molecular weight excluding hydrogens is 334 g/mol. The van der Waals surface area contributed by atoms with E-state index in [1.807, 2.05) is 6.07 Å². The van der Waals surface area contributed by atoms with Gasteiger partial charge in [0.1, 0.15) is 5.52 Å². The Kier molecular flexibility index (Phi) is 4.11. The molecular formula is C24H25NO2. The molecule has 1 aromatic heterocycles. The van der Waals surface area contributed by atoms with Crippen LogP contribution in [0.1, 0.15) is 26.3 Å². The van der Waals surface area contributed by atoms with Gasteiger partial charge in [0, 0.05) is 10.8 Å². The second-order valence-electron chi connectivity index (χ2n) is 7.82. The fourth-order valence-electron chi connectivity index (χ4n) is 3.92. The molecule has 0 unspecified atom stereocenters. The van der Waals surface area contributed by atoms with E-state index in [9.17, 15) is 0 Å². The van der Waals surface area contributed by atoms with E-state index in [0.717, 1.165) is 27.9 Å². The first-order valence-corrected chi connectivity index (χ1v) is 9.21. The Morgan fingerprint density at radius 1 is 0.741 bits per heavy atom. The molecule has 27 heavy (non-hydrogen) atoms. The van der Waals surface area contributed by atoms with E-state index in [0.29, 0.717) is 0 Å². The molecule has 0 aliphatic carbocycles. The zero-order valence-electron chi connectivity index (χ0n) is 16.5. The summed E-state index contributed by atoms with van der Waals surface area (Å²) in [5.74, 6) is 1.50. The Balaban J connectivity index is 2.24. The van der Waals surface area contributed by atoms with Crippen molar-refractivity contribution < 1.29 is 9.47 Å². The van der Waals surface area contributed by atoms with Crippen molar-refractivity contribution in [3.63, 3.8) is 0 Å². The summed E-state index contributed by atoms with van der Waals surface area (Å²) in [6.45, 7) is 6.74. The van der Waals surface area contributed by atoms with E-state index in [2.05, 4.69) is 79.9 Å². The second kappa shape index (κ2) is 6.34. The Morgan fingerprint density at radius 2 is 1.44 bits per heavy atom. The zero-order valence-corrected chi connectivity index (χ0v) is 16.5. The summed E-state index contributed by atoms with van der Waals surface area (Å²) in [5.41, 5.74) is 4.67. The van der Waals surface area contributed by atoms with Crippen molar-refractivity contribution in [2.24, 2.45) is 0 Å². The fraction of sp³-hybridized carbons (Fsp3) is 0.250. The van der Waals surface area contributed by atoms with E-state index in [1.54, 1.807) is 14.2 Å². The molecule has 0 saturated carbocycles. The maximum atomic E-state index is 5.82. The molecule has 0 aliphatic heterocycles. The summed E-state index contributed by atoms with van der Waals surface area (Å²) >= 11 is 0. The molecule has 3 heteroatoms. The minimum absolute atomic E-state index is 0.0143. The second-order valence-corrected chi connectivity index (χ2v) is 7.82. The maximum Gasteiger partial charge on any atom is 0.185 e. The maximum absolute atomic E-state index is 5.82. The first-order chi connectivity index (χ1) is 13.0. The smallest absolute Gasteiger partial charge is 0.185 e. The van der Waals surface area contributed by atoms with Crippen molar-refractivity contribution >= 4 is 21.8 Å². The highest BCUT2D eigenvalue weighted by Crippen LogP contribution is 2.43. The number of rotatable bonds is 3. The summed E-state index contributed by atoms with van der Waals surface area (Å²) < 4.78 is 13.7. The number of aromatic nitrogens is 1. The first-order valence-electron chi connectivity index (χ1n) is 9.21. The van der Waals surface area contributed by atoms with Gasteiger partial charge < -0.3 is 14.0 Å². The van der Waals surface area contributed by atoms with Crippen LogP contribution in [0.3, 0.4) is 0 Å². The Hall–Kier alpha value is -2.94. The van der Waals surface area contributed by atoms with Crippen molar-refractivity contribution in [2.75, 3.05) is 14.2 Å². The van der Waals surface area contributed by atoms with Gasteiger partial charge in [-0.2, -0.15) is 0 Å². The quantitative estimate of drug-likeness (QED) is 0.441. The standard InChI is InChI=1S/C24H25NO2/c1-24(2,3)18-11-7-9-13-20(18)25-19-12-8-6-10-16(19)17-14-15-21(26-4)23(27-5)22(17)25/h6-15H,1-5H3. The average molecular weight is 359 g/mol. The Labute approximate surface area is 160 Å². The topological polar surface area (TPSA) is 23.4 Å². The van der Waals surface area contributed by atoms with Crippen molar-refractivity contribution in [1.82, 2.24) is 4.57 Å². The third-order valence-electron chi connectivity index (χ3n) is 5.13. The van der Waals surface area contributed by atoms with Crippen LogP contribution < -0.4 is 9.47 Å². The van der Waals surface area contributed by atoms with Crippen LogP contribution >= 0.6 is 0 Å². The third-order valence-corrected chi connectivity index (χ3v) is 5.13. The van der Waals surface area contributed by atoms with Crippen LogP contribution in [0.25, 0.3) is 27.5 Å². The number of hydrogen-bond donors (Lipinski definition) is 0. The van der Waals surface area contributed by atoms with Gasteiger partial charge in [-0.1, -0.05) is 57.2 Å². The van der Waals surface area contributed by atoms with Crippen LogP contribution in [-0.4, -0.2) is 18.8 Å². The van der Waals surface area contributed by atoms with Crippen LogP contribution in [0, 0.1) is 0 Å². The van der Waals surface area contributed by atoms with E-state index >= 15 is 0 Å². The van der Waals surface area contributed by atoms with Crippen molar-refractivity contribution in [2.45, 2.75) is 26.2 Å². The average Bonchev–Trinajstić information content (AvgIpc) is 3.01. The molecule has 0 radical (unpaired) electrons. The van der Waals surface area contributed by atoms with E-state index in [-0.39, 0.29) is 5.41 Å². The van der Waals surface area contributed by atoms with Gasteiger partial charge >= 0.3 is 0 Å². The molecule has 0 atom stereocenters. The number of benzene rings is 3. The largest absolute Gasteiger partial charge is 0.493 e. The third kappa shape index (κ3) is 2.66. The lowest BCUT2D eigenvalue weighted by Gasteiger charge is -2.24. The molecule has 0 bridgehead atoms. The first kappa shape index (κ1) is 17.5. The molecule has 0 spiro atoms. The summed E-state index contributed by atoms with van der Waals surface area (Å²) in [7, 11) is 3.38. The monoisotopic (exact) mass is 359 g/mol. The number of fused-ring (bicyclic) bond motifs is 3. The highest BCUT2D eigenvalue weighted by atomic mass is 16.5. The number of ether oxygens (including phenoxy) is 2. The Bertz CT molecular complexity index is 1130. The minimum Gasteiger partial charge on any atom is -0.493 e. The minimum atomic E-state index is 0.0143. The van der Waals surface area contributed by atoms with Crippen molar-refractivity contribution in [3.05, 3.63) is 66.2 Å². The predicted octanol–water partition coefficient (Wildman–Crippen LogP) is 6.10. The van der Waals surface area contributed by atoms with Crippen LogP contribution in [0.4, 0.5) is 0 Å². The van der Waals surface area contributed by atoms with Gasteiger partial charge in [0.05, 0.1) is 25.4 Å². The molecule has 138 valence electrons. The van der Waals surface area contributed by atoms with E-state index in [1.165, 1.54) is 16.6 Å². The van der Waals surface area contributed by atoms with Gasteiger partial charge in [-0.25, -0.2) is 0 Å². The van der Waals surface area contributed by atoms with Gasteiger partial charge in [-0.15, -0.1) is 0 Å². The number of methoxy groups -OCH3 is 2. The highest BCUT2D eigenvalue weighted by molar-refractivity contribution is 6.12. The lowest BCUT2D eigenvalue weighted by molar-refractivity contribution is 0.358. The number of para-hydroxylation sites is 2. The lowest BCUT2D eigenvalue weighted by Crippen LogP contribution is -2.15. The van der Waals surface area contributed by atoms with Crippen LogP contribution in [0.15, 0.2) is 60.7 Å². The normalized spacial score (nSPS) is 11.9. The Morgan fingerprint density at radius 3 is 2.15 bits per heavy atom. The predicted molar refractivity (Wildman–Crippen MR) is 113 cm³/mol. The molecule has 3 nitrogen and oxygen atoms in total. The highest BCUT2D eigenvalue weighted by Gasteiger charge is 2.24. The van der Waals surface area contributed by atoms with Gasteiger partial charge in [0.15, 0.2) is 11.5 Å². The summed E-state index contributed by atoms with van der Waals surface area (Å²) in [5, 5.41) is 2.36.